The lowest BCUT2D eigenvalue weighted by molar-refractivity contribution is -0.140. The number of aromatic nitrogens is 1. The minimum absolute atomic E-state index is 0.351. The highest BCUT2D eigenvalue weighted by Crippen LogP contribution is 2.49. The predicted octanol–water partition coefficient (Wildman–Crippen LogP) is 7.02. The number of amides is 1. The summed E-state index contributed by atoms with van der Waals surface area (Å²) in [6, 6.07) is 18.8. The van der Waals surface area contributed by atoms with Gasteiger partial charge in [-0.25, -0.2) is 4.79 Å². The van der Waals surface area contributed by atoms with E-state index in [1.165, 1.54) is 6.20 Å². The van der Waals surface area contributed by atoms with Crippen molar-refractivity contribution in [1.82, 2.24) is 5.16 Å². The molecule has 0 radical (unpaired) electrons. The van der Waals surface area contributed by atoms with Crippen LogP contribution in [0.1, 0.15) is 42.6 Å². The van der Waals surface area contributed by atoms with Crippen LogP contribution in [0, 0.1) is 0 Å². The Morgan fingerprint density at radius 2 is 1.82 bits per heavy atom. The molecule has 6 rings (SSSR count). The summed E-state index contributed by atoms with van der Waals surface area (Å²) in [4.78, 5) is 24.4. The van der Waals surface area contributed by atoms with Crippen molar-refractivity contribution in [3.05, 3.63) is 88.6 Å². The molecule has 1 fully saturated rings. The maximum Gasteiger partial charge on any atom is 0.412 e. The molecule has 2 aliphatic rings. The first-order chi connectivity index (χ1) is 18.9. The molecular weight excluding hydrogens is 520 g/mol. The molecule has 0 spiro atoms. The van der Waals surface area contributed by atoms with Gasteiger partial charge in [-0.15, -0.1) is 0 Å². The molecule has 1 aromatic heterocycles. The van der Waals surface area contributed by atoms with Crippen LogP contribution < -0.4 is 10.1 Å². The first kappa shape index (κ1) is 25.0. The maximum absolute atomic E-state index is 12.7. The maximum atomic E-state index is 12.7. The number of ether oxygens (including phenoxy) is 2. The summed E-state index contributed by atoms with van der Waals surface area (Å²) in [6.07, 6.45) is 2.22. The number of carboxylic acid groups (broad SMARTS) is 1. The predicted molar refractivity (Wildman–Crippen MR) is 145 cm³/mol. The number of nitrogens with zero attached hydrogens (tertiary/aromatic N) is 1. The van der Waals surface area contributed by atoms with Gasteiger partial charge in [-0.05, 0) is 48.6 Å². The van der Waals surface area contributed by atoms with Crippen molar-refractivity contribution in [2.75, 3.05) is 11.9 Å². The standard InChI is InChI=1S/C30H25ClN2O6/c1-17(20-4-2-3-5-24(20)31)38-29(36)33-25-16-32-39-27(25)23-11-10-21(22-12-15-37-26(22)23)18-6-8-19(9-7-18)30(13-14-30)28(34)35/h2-11,16-17H,12-15H2,1H3,(H,33,36)(H,34,35). The number of halogens is 1. The van der Waals surface area contributed by atoms with Gasteiger partial charge < -0.3 is 19.1 Å². The number of aliphatic carboxylic acids is 1. The van der Waals surface area contributed by atoms with E-state index < -0.39 is 23.6 Å². The molecule has 9 heteroatoms. The van der Waals surface area contributed by atoms with Gasteiger partial charge in [0.25, 0.3) is 0 Å². The van der Waals surface area contributed by atoms with Crippen molar-refractivity contribution in [3.63, 3.8) is 0 Å². The van der Waals surface area contributed by atoms with Gasteiger partial charge in [0.2, 0.25) is 0 Å². The molecule has 39 heavy (non-hydrogen) atoms. The minimum Gasteiger partial charge on any atom is -0.492 e. The summed E-state index contributed by atoms with van der Waals surface area (Å²) in [5.74, 6) is 0.250. The van der Waals surface area contributed by atoms with Crippen LogP contribution in [0.3, 0.4) is 0 Å². The summed E-state index contributed by atoms with van der Waals surface area (Å²) < 4.78 is 17.1. The Bertz CT molecular complexity index is 1570. The van der Waals surface area contributed by atoms with E-state index in [-0.39, 0.29) is 0 Å². The minimum atomic E-state index is -0.771. The van der Waals surface area contributed by atoms with Crippen LogP contribution in [0.5, 0.6) is 5.75 Å². The van der Waals surface area contributed by atoms with Gasteiger partial charge in [-0.2, -0.15) is 0 Å². The number of hydrogen-bond donors (Lipinski definition) is 2. The zero-order valence-electron chi connectivity index (χ0n) is 21.1. The number of carboxylic acids is 1. The fraction of sp³-hybridized carbons (Fsp3) is 0.233. The second-order valence-corrected chi connectivity index (χ2v) is 10.2. The van der Waals surface area contributed by atoms with Crippen molar-refractivity contribution < 1.29 is 28.7 Å². The van der Waals surface area contributed by atoms with Crippen LogP contribution in [0.4, 0.5) is 10.5 Å². The van der Waals surface area contributed by atoms with E-state index in [2.05, 4.69) is 10.5 Å². The Kier molecular flexibility index (Phi) is 6.27. The monoisotopic (exact) mass is 544 g/mol. The summed E-state index contributed by atoms with van der Waals surface area (Å²) in [7, 11) is 0. The average Bonchev–Trinajstić information content (AvgIpc) is 3.38. The molecular formula is C30H25ClN2O6. The highest BCUT2D eigenvalue weighted by Gasteiger charge is 2.51. The lowest BCUT2D eigenvalue weighted by Gasteiger charge is -2.16. The normalized spacial score (nSPS) is 15.6. The third-order valence-electron chi connectivity index (χ3n) is 7.45. The number of anilines is 1. The van der Waals surface area contributed by atoms with Crippen LogP contribution in [0.2, 0.25) is 5.02 Å². The lowest BCUT2D eigenvalue weighted by Crippen LogP contribution is -2.19. The van der Waals surface area contributed by atoms with E-state index in [4.69, 9.17) is 25.6 Å². The van der Waals surface area contributed by atoms with Gasteiger partial charge in [0, 0.05) is 22.6 Å². The summed E-state index contributed by atoms with van der Waals surface area (Å²) in [5, 5.41) is 16.7. The van der Waals surface area contributed by atoms with Crippen LogP contribution in [0.25, 0.3) is 22.5 Å². The Hall–Kier alpha value is -4.30. The second-order valence-electron chi connectivity index (χ2n) is 9.79. The van der Waals surface area contributed by atoms with Crippen LogP contribution in [-0.4, -0.2) is 28.9 Å². The zero-order valence-corrected chi connectivity index (χ0v) is 21.8. The molecule has 2 N–H and O–H groups in total. The Labute approximate surface area is 229 Å². The number of hydrogen-bond acceptors (Lipinski definition) is 6. The number of fused-ring (bicyclic) bond motifs is 1. The van der Waals surface area contributed by atoms with Gasteiger partial charge in [0.1, 0.15) is 17.5 Å². The highest BCUT2D eigenvalue weighted by molar-refractivity contribution is 6.31. The molecule has 4 aromatic rings. The summed E-state index contributed by atoms with van der Waals surface area (Å²) >= 11 is 6.23. The zero-order chi connectivity index (χ0) is 27.1. The number of carbonyl (C=O) groups excluding carboxylic acids is 1. The molecule has 198 valence electrons. The van der Waals surface area contributed by atoms with Gasteiger partial charge in [0.05, 0.1) is 23.8 Å². The van der Waals surface area contributed by atoms with E-state index in [0.717, 1.165) is 22.3 Å². The molecule has 8 nitrogen and oxygen atoms in total. The Balaban J connectivity index is 1.24. The van der Waals surface area contributed by atoms with Crippen LogP contribution >= 0.6 is 11.6 Å². The van der Waals surface area contributed by atoms with E-state index >= 15 is 0 Å². The van der Waals surface area contributed by atoms with Gasteiger partial charge in [-0.1, -0.05) is 65.3 Å². The average molecular weight is 545 g/mol. The quantitative estimate of drug-likeness (QED) is 0.257. The molecule has 1 unspecified atom stereocenters. The van der Waals surface area contributed by atoms with Crippen LogP contribution in [0.15, 0.2) is 71.4 Å². The van der Waals surface area contributed by atoms with Crippen molar-refractivity contribution in [2.24, 2.45) is 0 Å². The van der Waals surface area contributed by atoms with Crippen LogP contribution in [-0.2, 0) is 21.4 Å². The third kappa shape index (κ3) is 4.51. The summed E-state index contributed by atoms with van der Waals surface area (Å²) in [6.45, 7) is 2.25. The molecule has 1 aliphatic heterocycles. The van der Waals surface area contributed by atoms with Gasteiger partial charge >= 0.3 is 12.1 Å². The molecule has 2 heterocycles. The number of carbonyl (C=O) groups is 2. The number of rotatable bonds is 7. The molecule has 0 saturated heterocycles. The largest absolute Gasteiger partial charge is 0.492 e. The highest BCUT2D eigenvalue weighted by atomic mass is 35.5. The SMILES string of the molecule is CC(OC(=O)Nc1cnoc1-c1ccc(-c2ccc(C3(C(=O)O)CC3)cc2)c2c1OCC2)c1ccccc1Cl. The Morgan fingerprint density at radius 3 is 2.54 bits per heavy atom. The van der Waals surface area contributed by atoms with E-state index in [1.807, 2.05) is 48.5 Å². The first-order valence-electron chi connectivity index (χ1n) is 12.7. The van der Waals surface area contributed by atoms with Gasteiger partial charge in [-0.3, -0.25) is 10.1 Å². The van der Waals surface area contributed by atoms with E-state index in [1.54, 1.807) is 19.1 Å². The second kappa shape index (κ2) is 9.78. The van der Waals surface area contributed by atoms with Crippen molar-refractivity contribution in [2.45, 2.75) is 37.7 Å². The molecule has 0 bridgehead atoms. The van der Waals surface area contributed by atoms with Crippen molar-refractivity contribution >= 4 is 29.4 Å². The molecule has 1 saturated carbocycles. The topological polar surface area (TPSA) is 111 Å². The molecule has 1 amide bonds. The van der Waals surface area contributed by atoms with Gasteiger partial charge in [0.15, 0.2) is 5.76 Å². The molecule has 1 aliphatic carbocycles. The number of benzene rings is 3. The van der Waals surface area contributed by atoms with Crippen molar-refractivity contribution in [3.8, 4) is 28.2 Å². The molecule has 3 aromatic carbocycles. The fourth-order valence-corrected chi connectivity index (χ4v) is 5.45. The van der Waals surface area contributed by atoms with Crippen molar-refractivity contribution in [1.29, 1.82) is 0 Å². The first-order valence-corrected chi connectivity index (χ1v) is 13.1. The summed E-state index contributed by atoms with van der Waals surface area (Å²) in [5.41, 5.74) is 4.79. The van der Waals surface area contributed by atoms with E-state index in [0.29, 0.717) is 59.2 Å². The molecule has 1 atom stereocenters. The van der Waals surface area contributed by atoms with E-state index in [9.17, 15) is 14.7 Å². The smallest absolute Gasteiger partial charge is 0.412 e. The third-order valence-corrected chi connectivity index (χ3v) is 7.79. The lowest BCUT2D eigenvalue weighted by atomic mass is 9.91. The number of nitrogens with one attached hydrogen (secondary N) is 1. The Morgan fingerprint density at radius 1 is 1.08 bits per heavy atom. The fourth-order valence-electron chi connectivity index (χ4n) is 5.16.